The van der Waals surface area contributed by atoms with Gasteiger partial charge in [0.25, 0.3) is 0 Å². The van der Waals surface area contributed by atoms with E-state index >= 15 is 0 Å². The molecule has 0 aliphatic carbocycles. The molecule has 0 spiro atoms. The summed E-state index contributed by atoms with van der Waals surface area (Å²) in [6, 6.07) is 6.08. The van der Waals surface area contributed by atoms with Gasteiger partial charge in [-0.2, -0.15) is 0 Å². The summed E-state index contributed by atoms with van der Waals surface area (Å²) in [4.78, 5) is 0. The van der Waals surface area contributed by atoms with E-state index in [4.69, 9.17) is 14.2 Å². The molecule has 0 bridgehead atoms. The third kappa shape index (κ3) is 3.56. The lowest BCUT2D eigenvalue weighted by Crippen LogP contribution is -2.25. The molecule has 1 aliphatic rings. The van der Waals surface area contributed by atoms with Crippen molar-refractivity contribution in [3.63, 3.8) is 0 Å². The Morgan fingerprint density at radius 2 is 2.24 bits per heavy atom. The van der Waals surface area contributed by atoms with Crippen molar-refractivity contribution in [1.29, 1.82) is 0 Å². The summed E-state index contributed by atoms with van der Waals surface area (Å²) in [7, 11) is 0. The number of hydrogen-bond donors (Lipinski definition) is 0. The lowest BCUT2D eigenvalue weighted by molar-refractivity contribution is -0.141. The van der Waals surface area contributed by atoms with Crippen LogP contribution in [0.25, 0.3) is 0 Å². The van der Waals surface area contributed by atoms with Crippen molar-refractivity contribution in [2.45, 2.75) is 32.7 Å². The van der Waals surface area contributed by atoms with E-state index in [1.54, 1.807) is 0 Å². The Bertz CT molecular complexity index is 404. The van der Waals surface area contributed by atoms with Crippen LogP contribution < -0.4 is 4.74 Å². The smallest absolute Gasteiger partial charge is 0.163 e. The largest absolute Gasteiger partial charge is 0.491 e. The van der Waals surface area contributed by atoms with Crippen molar-refractivity contribution >= 4 is 22.6 Å². The number of aryl methyl sites for hydroxylation is 1. The zero-order chi connectivity index (χ0) is 12.5. The van der Waals surface area contributed by atoms with Gasteiger partial charge >= 0.3 is 0 Å². The number of halogens is 1. The molecule has 1 fully saturated rings. The molecule has 3 nitrogen and oxygen atoms in total. The van der Waals surface area contributed by atoms with Crippen LogP contribution in [0.3, 0.4) is 0 Å². The van der Waals surface area contributed by atoms with Crippen LogP contribution in [0.1, 0.15) is 19.4 Å². The first-order valence-electron chi connectivity index (χ1n) is 5.67. The second-order valence-corrected chi connectivity index (χ2v) is 5.83. The van der Waals surface area contributed by atoms with E-state index in [0.717, 1.165) is 5.75 Å². The number of benzene rings is 1. The summed E-state index contributed by atoms with van der Waals surface area (Å²) in [5.41, 5.74) is 1.23. The van der Waals surface area contributed by atoms with Crippen molar-refractivity contribution in [3.8, 4) is 5.75 Å². The highest BCUT2D eigenvalue weighted by Crippen LogP contribution is 2.24. The van der Waals surface area contributed by atoms with E-state index in [2.05, 4.69) is 35.6 Å². The summed E-state index contributed by atoms with van der Waals surface area (Å²) < 4.78 is 18.1. The highest BCUT2D eigenvalue weighted by atomic mass is 127. The lowest BCUT2D eigenvalue weighted by Gasteiger charge is -2.17. The molecule has 4 heteroatoms. The molecule has 1 saturated heterocycles. The van der Waals surface area contributed by atoms with Crippen LogP contribution in [0.5, 0.6) is 5.75 Å². The second kappa shape index (κ2) is 5.12. The zero-order valence-electron chi connectivity index (χ0n) is 10.3. The normalized spacial score (nSPS) is 22.7. The van der Waals surface area contributed by atoms with Gasteiger partial charge in [-0.25, -0.2) is 0 Å². The molecule has 1 aliphatic heterocycles. The van der Waals surface area contributed by atoms with E-state index in [1.807, 2.05) is 26.0 Å². The van der Waals surface area contributed by atoms with Gasteiger partial charge < -0.3 is 14.2 Å². The zero-order valence-corrected chi connectivity index (χ0v) is 12.5. The molecule has 1 aromatic carbocycles. The monoisotopic (exact) mass is 348 g/mol. The van der Waals surface area contributed by atoms with Crippen LogP contribution in [-0.2, 0) is 9.47 Å². The average molecular weight is 348 g/mol. The van der Waals surface area contributed by atoms with Crippen LogP contribution in [0.15, 0.2) is 18.2 Å². The van der Waals surface area contributed by atoms with Crippen molar-refractivity contribution < 1.29 is 14.2 Å². The predicted molar refractivity (Wildman–Crippen MR) is 74.3 cm³/mol. The van der Waals surface area contributed by atoms with E-state index in [1.165, 1.54) is 9.13 Å². The Morgan fingerprint density at radius 3 is 2.82 bits per heavy atom. The first-order valence-corrected chi connectivity index (χ1v) is 6.75. The van der Waals surface area contributed by atoms with Gasteiger partial charge in [0, 0.05) is 3.57 Å². The van der Waals surface area contributed by atoms with Gasteiger partial charge in [-0.1, -0.05) is 0 Å². The first-order chi connectivity index (χ1) is 7.96. The molecule has 94 valence electrons. The number of hydrogen-bond acceptors (Lipinski definition) is 3. The van der Waals surface area contributed by atoms with Crippen molar-refractivity contribution in [2.24, 2.45) is 0 Å². The molecule has 1 aromatic rings. The van der Waals surface area contributed by atoms with Gasteiger partial charge in [-0.15, -0.1) is 0 Å². The summed E-state index contributed by atoms with van der Waals surface area (Å²) in [6.07, 6.45) is 0.0181. The minimum Gasteiger partial charge on any atom is -0.491 e. The van der Waals surface area contributed by atoms with Gasteiger partial charge in [-0.3, -0.25) is 0 Å². The maximum absolute atomic E-state index is 5.71. The molecule has 17 heavy (non-hydrogen) atoms. The third-order valence-electron chi connectivity index (χ3n) is 2.63. The van der Waals surface area contributed by atoms with Gasteiger partial charge in [0.2, 0.25) is 0 Å². The minimum atomic E-state index is -0.476. The second-order valence-electron chi connectivity index (χ2n) is 4.67. The summed E-state index contributed by atoms with van der Waals surface area (Å²) in [5.74, 6) is 0.409. The first kappa shape index (κ1) is 13.1. The van der Waals surface area contributed by atoms with Crippen LogP contribution in [0, 0.1) is 10.5 Å². The molecule has 0 N–H and O–H groups in total. The fraction of sp³-hybridized carbons (Fsp3) is 0.538. The molecular weight excluding hydrogens is 331 g/mol. The SMILES string of the molecule is Cc1cc(OCC2COC(C)(C)O2)ccc1I. The number of ether oxygens (including phenoxy) is 3. The van der Waals surface area contributed by atoms with Crippen LogP contribution in [0.2, 0.25) is 0 Å². The van der Waals surface area contributed by atoms with Crippen molar-refractivity contribution in [1.82, 2.24) is 0 Å². The van der Waals surface area contributed by atoms with E-state index in [9.17, 15) is 0 Å². The van der Waals surface area contributed by atoms with Crippen molar-refractivity contribution in [2.75, 3.05) is 13.2 Å². The molecule has 1 atom stereocenters. The molecule has 2 rings (SSSR count). The summed E-state index contributed by atoms with van der Waals surface area (Å²) in [6.45, 7) is 7.04. The fourth-order valence-electron chi connectivity index (χ4n) is 1.74. The molecular formula is C13H17IO3. The Hall–Kier alpha value is -0.330. The van der Waals surface area contributed by atoms with E-state index < -0.39 is 5.79 Å². The van der Waals surface area contributed by atoms with Gasteiger partial charge in [0.15, 0.2) is 5.79 Å². The summed E-state index contributed by atoms with van der Waals surface area (Å²) in [5, 5.41) is 0. The maximum Gasteiger partial charge on any atom is 0.163 e. The van der Waals surface area contributed by atoms with Crippen LogP contribution >= 0.6 is 22.6 Å². The molecule has 1 heterocycles. The van der Waals surface area contributed by atoms with Gasteiger partial charge in [0.1, 0.15) is 18.5 Å². The predicted octanol–water partition coefficient (Wildman–Crippen LogP) is 3.13. The lowest BCUT2D eigenvalue weighted by atomic mass is 10.2. The Kier molecular flexibility index (Phi) is 3.95. The molecule has 0 saturated carbocycles. The van der Waals surface area contributed by atoms with E-state index in [-0.39, 0.29) is 6.10 Å². The number of rotatable bonds is 3. The highest BCUT2D eigenvalue weighted by Gasteiger charge is 2.32. The van der Waals surface area contributed by atoms with Gasteiger partial charge in [-0.05, 0) is 67.1 Å². The Balaban J connectivity index is 1.88. The summed E-state index contributed by atoms with van der Waals surface area (Å²) >= 11 is 2.31. The minimum absolute atomic E-state index is 0.0181. The maximum atomic E-state index is 5.71. The van der Waals surface area contributed by atoms with Crippen molar-refractivity contribution in [3.05, 3.63) is 27.3 Å². The highest BCUT2D eigenvalue weighted by molar-refractivity contribution is 14.1. The van der Waals surface area contributed by atoms with Crippen LogP contribution in [-0.4, -0.2) is 25.1 Å². The third-order valence-corrected chi connectivity index (χ3v) is 3.84. The molecule has 0 amide bonds. The van der Waals surface area contributed by atoms with Gasteiger partial charge in [0.05, 0.1) is 6.61 Å². The molecule has 1 unspecified atom stereocenters. The quantitative estimate of drug-likeness (QED) is 0.786. The standard InChI is InChI=1S/C13H17IO3/c1-9-6-10(4-5-12(9)14)15-7-11-8-16-13(2,3)17-11/h4-6,11H,7-8H2,1-3H3. The average Bonchev–Trinajstić information content (AvgIpc) is 2.60. The molecule has 0 aromatic heterocycles. The fourth-order valence-corrected chi connectivity index (χ4v) is 2.08. The van der Waals surface area contributed by atoms with E-state index in [0.29, 0.717) is 13.2 Å². The van der Waals surface area contributed by atoms with Crippen LogP contribution in [0.4, 0.5) is 0 Å². The Labute approximate surface area is 116 Å². The Morgan fingerprint density at radius 1 is 1.47 bits per heavy atom. The topological polar surface area (TPSA) is 27.7 Å². The molecule has 0 radical (unpaired) electrons.